The number of aromatic nitrogens is 2. The third-order valence-corrected chi connectivity index (χ3v) is 8.39. The predicted octanol–water partition coefficient (Wildman–Crippen LogP) is 3.02. The summed E-state index contributed by atoms with van der Waals surface area (Å²) in [7, 11) is -3.41. The lowest BCUT2D eigenvalue weighted by atomic mass is 9.94. The third kappa shape index (κ3) is 4.85. The van der Waals surface area contributed by atoms with Gasteiger partial charge in [0.15, 0.2) is 0 Å². The van der Waals surface area contributed by atoms with Gasteiger partial charge >= 0.3 is 6.09 Å². The molecule has 1 aromatic carbocycles. The molecule has 0 saturated carbocycles. The molecule has 1 aromatic heterocycles. The molecule has 3 aliphatic heterocycles. The molecular weight excluding hydrogens is 494 g/mol. The van der Waals surface area contributed by atoms with Gasteiger partial charge in [-0.3, -0.25) is 4.90 Å². The molecule has 3 atom stereocenters. The molecule has 0 radical (unpaired) electrons. The number of ether oxygens (including phenoxy) is 2. The second-order valence-corrected chi connectivity index (χ2v) is 12.6. The van der Waals surface area contributed by atoms with E-state index in [1.807, 2.05) is 20.8 Å². The van der Waals surface area contributed by atoms with E-state index in [9.17, 15) is 22.0 Å². The molecule has 2 aromatic rings. The van der Waals surface area contributed by atoms with Gasteiger partial charge in [-0.25, -0.2) is 22.0 Å². The summed E-state index contributed by atoms with van der Waals surface area (Å²) in [5.41, 5.74) is 1.82. The van der Waals surface area contributed by atoms with Crippen LogP contribution in [0.5, 0.6) is 0 Å². The van der Waals surface area contributed by atoms with Gasteiger partial charge in [-0.1, -0.05) is 0 Å². The molecule has 0 aliphatic carbocycles. The van der Waals surface area contributed by atoms with Gasteiger partial charge in [-0.2, -0.15) is 9.19 Å². The van der Waals surface area contributed by atoms with Gasteiger partial charge in [-0.15, -0.1) is 0 Å². The van der Waals surface area contributed by atoms with Crippen LogP contribution in [0.2, 0.25) is 0 Å². The van der Waals surface area contributed by atoms with Crippen molar-refractivity contribution in [1.82, 2.24) is 19.4 Å². The molecule has 5 rings (SSSR count). The molecule has 3 aliphatic rings. The number of fused-ring (bicyclic) bond motifs is 3. The minimum Gasteiger partial charge on any atom is -0.443 e. The largest absolute Gasteiger partial charge is 0.443 e. The third-order valence-electron chi connectivity index (χ3n) is 6.76. The van der Waals surface area contributed by atoms with Crippen LogP contribution in [0.15, 0.2) is 18.2 Å². The number of benzene rings is 1. The second-order valence-electron chi connectivity index (χ2n) is 10.7. The summed E-state index contributed by atoms with van der Waals surface area (Å²) >= 11 is 0. The van der Waals surface area contributed by atoms with Gasteiger partial charge in [0.25, 0.3) is 10.0 Å². The zero-order chi connectivity index (χ0) is 25.8. The summed E-state index contributed by atoms with van der Waals surface area (Å²) in [6.45, 7) is 6.56. The molecule has 1 saturated heterocycles. The van der Waals surface area contributed by atoms with E-state index < -0.39 is 45.5 Å². The summed E-state index contributed by atoms with van der Waals surface area (Å²) in [6.07, 6.45) is -0.967. The molecule has 9 nitrogen and oxygen atoms in total. The van der Waals surface area contributed by atoms with Crippen LogP contribution < -0.4 is 5.32 Å². The van der Waals surface area contributed by atoms with Gasteiger partial charge in [-0.05, 0) is 51.8 Å². The number of nitrogens with zero attached hydrogens (tertiary/aromatic N) is 3. The van der Waals surface area contributed by atoms with Gasteiger partial charge in [0.2, 0.25) is 0 Å². The van der Waals surface area contributed by atoms with Crippen molar-refractivity contribution in [3.05, 3.63) is 52.3 Å². The lowest BCUT2D eigenvalue weighted by molar-refractivity contribution is -0.116. The van der Waals surface area contributed by atoms with E-state index in [-0.39, 0.29) is 24.0 Å². The number of alkyl carbamates (subject to hydrolysis) is 1. The molecule has 3 unspecified atom stereocenters. The van der Waals surface area contributed by atoms with Crippen LogP contribution in [-0.4, -0.2) is 58.6 Å². The fraction of sp³-hybridized carbons (Fsp3) is 0.583. The Balaban J connectivity index is 1.36. The number of carbonyl (C=O) groups is 1. The summed E-state index contributed by atoms with van der Waals surface area (Å²) in [4.78, 5) is 14.7. The second kappa shape index (κ2) is 9.07. The van der Waals surface area contributed by atoms with Crippen molar-refractivity contribution in [3.8, 4) is 0 Å². The SMILES string of the molecule is CC(C)(C)NC(=O)OC1CC(N2Cc3nn4c(c3C2)CCCS4(=O)=O)COC1c1cc(F)ccc1F. The van der Waals surface area contributed by atoms with Crippen LogP contribution in [0.25, 0.3) is 0 Å². The van der Waals surface area contributed by atoms with Crippen molar-refractivity contribution >= 4 is 16.1 Å². The molecule has 1 N–H and O–H groups in total. The number of halogens is 2. The average Bonchev–Trinajstić information content (AvgIpc) is 3.34. The van der Waals surface area contributed by atoms with Crippen LogP contribution in [0.3, 0.4) is 0 Å². The Hall–Kier alpha value is -2.57. The van der Waals surface area contributed by atoms with E-state index in [0.717, 1.165) is 35.2 Å². The van der Waals surface area contributed by atoms with Crippen molar-refractivity contribution in [1.29, 1.82) is 0 Å². The Morgan fingerprint density at radius 2 is 2.03 bits per heavy atom. The van der Waals surface area contributed by atoms with E-state index in [1.165, 1.54) is 4.09 Å². The predicted molar refractivity (Wildman–Crippen MR) is 126 cm³/mol. The highest BCUT2D eigenvalue weighted by molar-refractivity contribution is 7.89. The van der Waals surface area contributed by atoms with E-state index >= 15 is 0 Å². The summed E-state index contributed by atoms with van der Waals surface area (Å²) in [5.74, 6) is -1.16. The first kappa shape index (κ1) is 25.1. The first-order valence-corrected chi connectivity index (χ1v) is 13.6. The van der Waals surface area contributed by atoms with E-state index in [4.69, 9.17) is 9.47 Å². The van der Waals surface area contributed by atoms with Gasteiger partial charge in [0.05, 0.1) is 23.7 Å². The zero-order valence-electron chi connectivity index (χ0n) is 20.5. The van der Waals surface area contributed by atoms with Crippen molar-refractivity contribution in [2.24, 2.45) is 0 Å². The molecule has 1 fully saturated rings. The molecule has 1 amide bonds. The standard InChI is InChI=1S/C24H30F2N4O5S/c1-24(2,3)27-23(31)35-21-10-15(13-34-22(21)16-9-14(25)6-7-18(16)26)29-11-17-19(12-29)28-30-20(17)5-4-8-36(30,32)33/h6-7,9,15,21-22H,4-5,8,10-13H2,1-3H3,(H,27,31). The maximum atomic E-state index is 14.6. The Morgan fingerprint density at radius 1 is 1.25 bits per heavy atom. The Bertz CT molecular complexity index is 1290. The maximum Gasteiger partial charge on any atom is 0.407 e. The number of nitrogens with one attached hydrogen (secondary N) is 1. The highest BCUT2D eigenvalue weighted by Crippen LogP contribution is 2.38. The molecule has 36 heavy (non-hydrogen) atoms. The van der Waals surface area contributed by atoms with Crippen LogP contribution in [-0.2, 0) is 39.0 Å². The quantitative estimate of drug-likeness (QED) is 0.659. The molecule has 4 heterocycles. The van der Waals surface area contributed by atoms with Crippen LogP contribution in [0.4, 0.5) is 13.6 Å². The summed E-state index contributed by atoms with van der Waals surface area (Å²) in [6, 6.07) is 2.93. The minimum absolute atomic E-state index is 0.00217. The van der Waals surface area contributed by atoms with Gasteiger partial charge in [0, 0.05) is 42.2 Å². The molecule has 12 heteroatoms. The molecule has 196 valence electrons. The summed E-state index contributed by atoms with van der Waals surface area (Å²) in [5, 5.41) is 7.11. The first-order chi connectivity index (χ1) is 16.9. The zero-order valence-corrected chi connectivity index (χ0v) is 21.3. The molecular formula is C24H30F2N4O5S. The fourth-order valence-corrected chi connectivity index (χ4v) is 6.60. The molecule has 0 bridgehead atoms. The van der Waals surface area contributed by atoms with Crippen LogP contribution in [0, 0.1) is 11.6 Å². The van der Waals surface area contributed by atoms with E-state index in [2.05, 4.69) is 15.3 Å². The number of hydrogen-bond donors (Lipinski definition) is 1. The average molecular weight is 525 g/mol. The number of carbonyl (C=O) groups excluding carboxylic acids is 1. The topological polar surface area (TPSA) is 103 Å². The fourth-order valence-electron chi connectivity index (χ4n) is 5.16. The maximum absolute atomic E-state index is 14.6. The Labute approximate surface area is 208 Å². The number of amides is 1. The van der Waals surface area contributed by atoms with Gasteiger partial charge < -0.3 is 14.8 Å². The van der Waals surface area contributed by atoms with Crippen molar-refractivity contribution < 1.29 is 31.5 Å². The van der Waals surface area contributed by atoms with Crippen molar-refractivity contribution in [2.75, 3.05) is 12.4 Å². The lowest BCUT2D eigenvalue weighted by Crippen LogP contribution is -2.49. The van der Waals surface area contributed by atoms with Crippen molar-refractivity contribution in [2.45, 2.75) is 76.9 Å². The van der Waals surface area contributed by atoms with E-state index in [0.29, 0.717) is 32.4 Å². The minimum atomic E-state index is -3.41. The smallest absolute Gasteiger partial charge is 0.407 e. The highest BCUT2D eigenvalue weighted by atomic mass is 32.2. The van der Waals surface area contributed by atoms with Crippen LogP contribution >= 0.6 is 0 Å². The lowest BCUT2D eigenvalue weighted by Gasteiger charge is -2.40. The van der Waals surface area contributed by atoms with Crippen LogP contribution in [0.1, 0.15) is 62.2 Å². The monoisotopic (exact) mass is 524 g/mol. The van der Waals surface area contributed by atoms with E-state index in [1.54, 1.807) is 0 Å². The Kier molecular flexibility index (Phi) is 6.32. The highest BCUT2D eigenvalue weighted by Gasteiger charge is 2.42. The van der Waals surface area contributed by atoms with Crippen molar-refractivity contribution in [3.63, 3.8) is 0 Å². The molecule has 0 spiro atoms. The number of hydrogen-bond acceptors (Lipinski definition) is 7. The van der Waals surface area contributed by atoms with Gasteiger partial charge in [0.1, 0.15) is 23.8 Å². The first-order valence-electron chi connectivity index (χ1n) is 12.0. The normalized spacial score (nSPS) is 25.8. The summed E-state index contributed by atoms with van der Waals surface area (Å²) < 4.78 is 66.2. The Morgan fingerprint density at radius 3 is 2.78 bits per heavy atom. The number of rotatable bonds is 3.